The number of amidine groups is 1. The Morgan fingerprint density at radius 3 is 2.96 bits per heavy atom. The Morgan fingerprint density at radius 1 is 1.39 bits per heavy atom. The fraction of sp³-hybridized carbons (Fsp3) is 0.588. The quantitative estimate of drug-likeness (QED) is 0.863. The minimum atomic E-state index is -0.356. The molecule has 2 atom stereocenters. The van der Waals surface area contributed by atoms with E-state index in [1.807, 2.05) is 6.20 Å². The number of nitrogens with two attached hydrogens (primary N) is 1. The average Bonchev–Trinajstić information content (AvgIpc) is 3.13. The lowest BCUT2D eigenvalue weighted by molar-refractivity contribution is 0.189. The number of aliphatic imine (C=N–C) groups is 2. The molecule has 0 aromatic rings. The minimum absolute atomic E-state index is 0.178. The molecular weight excluding hydrogens is 306 g/mol. The van der Waals surface area contributed by atoms with E-state index in [0.29, 0.717) is 18.4 Å². The first-order valence-electron chi connectivity index (χ1n) is 8.32. The van der Waals surface area contributed by atoms with Crippen molar-refractivity contribution in [1.29, 1.82) is 5.26 Å². The molecule has 0 unspecified atom stereocenters. The molecule has 5 nitrogen and oxygen atoms in total. The zero-order valence-electron chi connectivity index (χ0n) is 13.1. The Hall–Kier alpha value is -1.58. The van der Waals surface area contributed by atoms with Crippen LogP contribution in [-0.4, -0.2) is 39.9 Å². The summed E-state index contributed by atoms with van der Waals surface area (Å²) in [7, 11) is 0. The van der Waals surface area contributed by atoms with Crippen LogP contribution in [0.3, 0.4) is 0 Å². The summed E-state index contributed by atoms with van der Waals surface area (Å²) in [4.78, 5) is 11.6. The zero-order chi connectivity index (χ0) is 15.9. The second-order valence-corrected chi connectivity index (χ2v) is 7.73. The molecule has 0 radical (unpaired) electrons. The highest BCUT2D eigenvalue weighted by atomic mass is 32.2. The summed E-state index contributed by atoms with van der Waals surface area (Å²) < 4.78 is 0. The monoisotopic (exact) mass is 327 g/mol. The van der Waals surface area contributed by atoms with Crippen molar-refractivity contribution in [2.75, 3.05) is 6.54 Å². The van der Waals surface area contributed by atoms with E-state index in [0.717, 1.165) is 30.9 Å². The first-order valence-corrected chi connectivity index (χ1v) is 9.20. The van der Waals surface area contributed by atoms with Crippen LogP contribution in [0.15, 0.2) is 33.7 Å². The number of nitriles is 1. The summed E-state index contributed by atoms with van der Waals surface area (Å²) in [5, 5.41) is 11.3. The largest absolute Gasteiger partial charge is 0.346 e. The Kier molecular flexibility index (Phi) is 3.78. The maximum Gasteiger partial charge on any atom is 0.177 e. The molecule has 4 aliphatic rings. The van der Waals surface area contributed by atoms with Gasteiger partial charge in [0.05, 0.1) is 24.2 Å². The number of nitrogens with zero attached hydrogens (tertiary/aromatic N) is 4. The molecule has 0 amide bonds. The maximum absolute atomic E-state index is 9.25. The van der Waals surface area contributed by atoms with Crippen molar-refractivity contribution < 1.29 is 0 Å². The molecule has 0 aromatic heterocycles. The normalized spacial score (nSPS) is 37.9. The van der Waals surface area contributed by atoms with Gasteiger partial charge in [-0.05, 0) is 55.7 Å². The van der Waals surface area contributed by atoms with Crippen molar-refractivity contribution in [3.8, 4) is 6.07 Å². The summed E-state index contributed by atoms with van der Waals surface area (Å²) in [5.41, 5.74) is 6.85. The molecule has 1 aliphatic carbocycles. The Balaban J connectivity index is 1.64. The molecule has 4 rings (SSSR count). The van der Waals surface area contributed by atoms with Crippen LogP contribution in [-0.2, 0) is 0 Å². The van der Waals surface area contributed by atoms with Crippen LogP contribution in [0.4, 0.5) is 0 Å². The summed E-state index contributed by atoms with van der Waals surface area (Å²) in [6.07, 6.45) is 11.1. The van der Waals surface area contributed by atoms with Gasteiger partial charge in [-0.1, -0.05) is 11.8 Å². The topological polar surface area (TPSA) is 77.8 Å². The standard InChI is InChI=1S/C17H21N5S/c18-8-5-16-21-17-14(7-10-23-17)20-9-6-15(17)22(16)13-3-1-12(11-19)2-4-13/h6-7,9-10,12-13,15H,1-5,11,19H2/t12?,13?,15-,17+/m1/s1. The fourth-order valence-electron chi connectivity index (χ4n) is 4.21. The number of rotatable bonds is 3. The van der Waals surface area contributed by atoms with Gasteiger partial charge in [0.25, 0.3) is 0 Å². The Labute approximate surface area is 141 Å². The number of thioether (sulfide) groups is 1. The molecule has 6 heteroatoms. The van der Waals surface area contributed by atoms with Crippen molar-refractivity contribution in [3.63, 3.8) is 0 Å². The van der Waals surface area contributed by atoms with Crippen LogP contribution >= 0.6 is 11.8 Å². The molecule has 0 saturated heterocycles. The van der Waals surface area contributed by atoms with Crippen molar-refractivity contribution >= 4 is 23.3 Å². The zero-order valence-corrected chi connectivity index (χ0v) is 13.9. The minimum Gasteiger partial charge on any atom is -0.346 e. The van der Waals surface area contributed by atoms with E-state index in [4.69, 9.17) is 10.7 Å². The van der Waals surface area contributed by atoms with Crippen molar-refractivity contribution in [1.82, 2.24) is 4.90 Å². The molecule has 120 valence electrons. The van der Waals surface area contributed by atoms with Crippen molar-refractivity contribution in [2.24, 2.45) is 21.6 Å². The van der Waals surface area contributed by atoms with Crippen molar-refractivity contribution in [2.45, 2.75) is 49.1 Å². The first-order chi connectivity index (χ1) is 11.3. The van der Waals surface area contributed by atoms with Gasteiger partial charge >= 0.3 is 0 Å². The molecule has 3 heterocycles. The third-order valence-corrected chi connectivity index (χ3v) is 6.57. The third-order valence-electron chi connectivity index (χ3n) is 5.40. The summed E-state index contributed by atoms with van der Waals surface area (Å²) in [5.74, 6) is 1.59. The van der Waals surface area contributed by atoms with Crippen LogP contribution in [0.5, 0.6) is 0 Å². The van der Waals surface area contributed by atoms with Gasteiger partial charge in [-0.15, -0.1) is 0 Å². The van der Waals surface area contributed by atoms with Gasteiger partial charge in [-0.3, -0.25) is 4.99 Å². The van der Waals surface area contributed by atoms with Gasteiger partial charge in [-0.25, -0.2) is 4.99 Å². The van der Waals surface area contributed by atoms with Gasteiger partial charge < -0.3 is 10.6 Å². The van der Waals surface area contributed by atoms with Gasteiger partial charge in [0, 0.05) is 12.2 Å². The Morgan fingerprint density at radius 2 is 2.22 bits per heavy atom. The lowest BCUT2D eigenvalue weighted by atomic mass is 9.84. The van der Waals surface area contributed by atoms with E-state index < -0.39 is 0 Å². The van der Waals surface area contributed by atoms with E-state index in [1.54, 1.807) is 11.8 Å². The van der Waals surface area contributed by atoms with Crippen LogP contribution in [0.2, 0.25) is 0 Å². The Bertz CT molecular complexity index is 650. The molecule has 0 aromatic carbocycles. The van der Waals surface area contributed by atoms with Crippen LogP contribution < -0.4 is 5.73 Å². The number of hydrogen-bond donors (Lipinski definition) is 1. The molecule has 2 N–H and O–H groups in total. The highest BCUT2D eigenvalue weighted by Gasteiger charge is 2.54. The highest BCUT2D eigenvalue weighted by molar-refractivity contribution is 8.04. The van der Waals surface area contributed by atoms with E-state index in [2.05, 4.69) is 33.5 Å². The van der Waals surface area contributed by atoms with Crippen LogP contribution in [0, 0.1) is 17.2 Å². The molecule has 0 bridgehead atoms. The summed E-state index contributed by atoms with van der Waals surface area (Å²) in [6.45, 7) is 0.787. The summed E-state index contributed by atoms with van der Waals surface area (Å²) in [6, 6.07) is 2.94. The van der Waals surface area contributed by atoms with E-state index in [9.17, 15) is 5.26 Å². The first kappa shape index (κ1) is 15.0. The fourth-order valence-corrected chi connectivity index (χ4v) is 5.35. The summed E-state index contributed by atoms with van der Waals surface area (Å²) >= 11 is 1.73. The van der Waals surface area contributed by atoms with Crippen molar-refractivity contribution in [3.05, 3.63) is 23.8 Å². The van der Waals surface area contributed by atoms with Gasteiger partial charge in [-0.2, -0.15) is 5.26 Å². The third kappa shape index (κ3) is 2.26. The molecule has 23 heavy (non-hydrogen) atoms. The molecule has 1 spiro atoms. The SMILES string of the molecule is N#CCC1=N[C@]23SC=CC2=NC=C[C@H]3N1C1CCC(CN)CC1. The predicted molar refractivity (Wildman–Crippen MR) is 94.1 cm³/mol. The second kappa shape index (κ2) is 5.81. The lowest BCUT2D eigenvalue weighted by Gasteiger charge is -2.42. The number of hydrogen-bond acceptors (Lipinski definition) is 6. The maximum atomic E-state index is 9.25. The molecule has 1 fully saturated rings. The highest BCUT2D eigenvalue weighted by Crippen LogP contribution is 2.48. The van der Waals surface area contributed by atoms with Gasteiger partial charge in [0.2, 0.25) is 0 Å². The average molecular weight is 327 g/mol. The van der Waals surface area contributed by atoms with E-state index in [1.165, 1.54) is 12.8 Å². The van der Waals surface area contributed by atoms with E-state index in [-0.39, 0.29) is 10.9 Å². The van der Waals surface area contributed by atoms with Gasteiger partial charge in [0.1, 0.15) is 5.84 Å². The molecule has 1 saturated carbocycles. The predicted octanol–water partition coefficient (Wildman–Crippen LogP) is 2.43. The molecule has 3 aliphatic heterocycles. The van der Waals surface area contributed by atoms with Gasteiger partial charge in [0.15, 0.2) is 4.87 Å². The molecular formula is C17H21N5S. The van der Waals surface area contributed by atoms with Crippen LogP contribution in [0.1, 0.15) is 32.1 Å². The van der Waals surface area contributed by atoms with Crippen LogP contribution in [0.25, 0.3) is 0 Å². The second-order valence-electron chi connectivity index (χ2n) is 6.60. The lowest BCUT2D eigenvalue weighted by Crippen LogP contribution is -2.52. The van der Waals surface area contributed by atoms with E-state index >= 15 is 0 Å². The smallest absolute Gasteiger partial charge is 0.177 e.